The van der Waals surface area contributed by atoms with Crippen molar-refractivity contribution in [2.45, 2.75) is 13.3 Å². The van der Waals surface area contributed by atoms with E-state index in [1.807, 2.05) is 18.2 Å². The highest BCUT2D eigenvalue weighted by Gasteiger charge is 2.12. The summed E-state index contributed by atoms with van der Waals surface area (Å²) in [5.74, 6) is -1.10. The number of nitrogens with zero attached hydrogens (tertiary/aromatic N) is 1. The summed E-state index contributed by atoms with van der Waals surface area (Å²) in [6.45, 7) is 1.74. The lowest BCUT2D eigenvalue weighted by Crippen LogP contribution is -2.10. The maximum Gasteiger partial charge on any atom is 0.338 e. The van der Waals surface area contributed by atoms with Crippen LogP contribution in [0.15, 0.2) is 36.5 Å². The predicted molar refractivity (Wildman–Crippen MR) is 73.8 cm³/mol. The van der Waals surface area contributed by atoms with Crippen LogP contribution in [0.5, 0.6) is 0 Å². The van der Waals surface area contributed by atoms with Crippen molar-refractivity contribution in [3.8, 4) is 0 Å². The first-order chi connectivity index (χ1) is 9.58. The molecule has 0 saturated heterocycles. The maximum absolute atomic E-state index is 13.5. The minimum absolute atomic E-state index is 0.117. The van der Waals surface area contributed by atoms with Crippen LogP contribution >= 0.6 is 0 Å². The average Bonchev–Trinajstić information content (AvgIpc) is 2.45. The van der Waals surface area contributed by atoms with Gasteiger partial charge in [-0.2, -0.15) is 0 Å². The molecular weight excluding hydrogens is 259 g/mol. The van der Waals surface area contributed by atoms with Gasteiger partial charge < -0.3 is 10.5 Å². The smallest absolute Gasteiger partial charge is 0.338 e. The van der Waals surface area contributed by atoms with Gasteiger partial charge in [-0.15, -0.1) is 0 Å². The number of nitrogen functional groups attached to an aromatic ring is 1. The molecule has 4 nitrogen and oxygen atoms in total. The molecule has 0 saturated carbocycles. The summed E-state index contributed by atoms with van der Waals surface area (Å²) in [5.41, 5.74) is 7.13. The van der Waals surface area contributed by atoms with Gasteiger partial charge in [0.05, 0.1) is 12.2 Å². The molecule has 2 aromatic rings. The average molecular weight is 274 g/mol. The summed E-state index contributed by atoms with van der Waals surface area (Å²) in [5, 5.41) is 0. The van der Waals surface area contributed by atoms with Gasteiger partial charge in [-0.1, -0.05) is 6.07 Å². The van der Waals surface area contributed by atoms with Gasteiger partial charge in [-0.25, -0.2) is 9.18 Å². The van der Waals surface area contributed by atoms with Crippen molar-refractivity contribution in [3.63, 3.8) is 0 Å². The van der Waals surface area contributed by atoms with E-state index < -0.39 is 11.8 Å². The van der Waals surface area contributed by atoms with Crippen LogP contribution < -0.4 is 5.73 Å². The van der Waals surface area contributed by atoms with Crippen molar-refractivity contribution in [1.29, 1.82) is 0 Å². The van der Waals surface area contributed by atoms with Crippen LogP contribution in [0.4, 0.5) is 10.1 Å². The summed E-state index contributed by atoms with van der Waals surface area (Å²) < 4.78 is 18.6. The topological polar surface area (TPSA) is 65.2 Å². The van der Waals surface area contributed by atoms with E-state index in [1.165, 1.54) is 6.07 Å². The Kier molecular flexibility index (Phi) is 4.30. The molecular formula is C15H15FN2O2. The van der Waals surface area contributed by atoms with E-state index in [1.54, 1.807) is 13.1 Å². The molecule has 5 heteroatoms. The second kappa shape index (κ2) is 6.14. The van der Waals surface area contributed by atoms with Crippen molar-refractivity contribution < 1.29 is 13.9 Å². The normalized spacial score (nSPS) is 10.3. The lowest BCUT2D eigenvalue weighted by atomic mass is 10.1. The fourth-order valence-corrected chi connectivity index (χ4v) is 1.70. The van der Waals surface area contributed by atoms with E-state index in [0.717, 1.165) is 11.8 Å². The molecule has 0 bridgehead atoms. The molecule has 1 aromatic carbocycles. The van der Waals surface area contributed by atoms with Crippen molar-refractivity contribution in [3.05, 3.63) is 59.2 Å². The third-order valence-electron chi connectivity index (χ3n) is 2.94. The molecule has 20 heavy (non-hydrogen) atoms. The second-order valence-electron chi connectivity index (χ2n) is 4.38. The first-order valence-corrected chi connectivity index (χ1v) is 6.20. The Morgan fingerprint density at radius 2 is 2.20 bits per heavy atom. The standard InChI is InChI=1S/C15H15FN2O2/c1-10-13(16)8-11(9-14(10)17)15(19)20-7-5-12-4-2-3-6-18-12/h2-4,6,8-9H,5,7,17H2,1H3. The molecule has 0 aliphatic heterocycles. The Labute approximate surface area is 116 Å². The van der Waals surface area contributed by atoms with Gasteiger partial charge in [-0.05, 0) is 31.2 Å². The number of carbonyl (C=O) groups excluding carboxylic acids is 1. The molecule has 0 amide bonds. The van der Waals surface area contributed by atoms with Gasteiger partial charge >= 0.3 is 5.97 Å². The number of carbonyl (C=O) groups is 1. The molecule has 2 rings (SSSR count). The largest absolute Gasteiger partial charge is 0.462 e. The van der Waals surface area contributed by atoms with Crippen molar-refractivity contribution in [2.75, 3.05) is 12.3 Å². The zero-order valence-electron chi connectivity index (χ0n) is 11.1. The number of pyridine rings is 1. The van der Waals surface area contributed by atoms with Crippen molar-refractivity contribution in [2.24, 2.45) is 0 Å². The van der Waals surface area contributed by atoms with Gasteiger partial charge in [0.25, 0.3) is 0 Å². The summed E-state index contributed by atoms with van der Waals surface area (Å²) in [6.07, 6.45) is 2.18. The molecule has 0 fully saturated rings. The van der Waals surface area contributed by atoms with Crippen LogP contribution in [0.1, 0.15) is 21.6 Å². The number of aromatic nitrogens is 1. The SMILES string of the molecule is Cc1c(N)cc(C(=O)OCCc2ccccn2)cc1F. The lowest BCUT2D eigenvalue weighted by Gasteiger charge is -2.07. The lowest BCUT2D eigenvalue weighted by molar-refractivity contribution is 0.0508. The molecule has 0 atom stereocenters. The molecule has 1 aromatic heterocycles. The third kappa shape index (κ3) is 3.32. The van der Waals surface area contributed by atoms with Crippen LogP contribution in [0.3, 0.4) is 0 Å². The van der Waals surface area contributed by atoms with E-state index in [4.69, 9.17) is 10.5 Å². The number of esters is 1. The molecule has 2 N–H and O–H groups in total. The van der Waals surface area contributed by atoms with E-state index in [-0.39, 0.29) is 17.9 Å². The third-order valence-corrected chi connectivity index (χ3v) is 2.94. The second-order valence-corrected chi connectivity index (χ2v) is 4.38. The first-order valence-electron chi connectivity index (χ1n) is 6.20. The zero-order valence-corrected chi connectivity index (χ0v) is 11.1. The van der Waals surface area contributed by atoms with Crippen LogP contribution in [-0.4, -0.2) is 17.6 Å². The number of halogens is 1. The maximum atomic E-state index is 13.5. The molecule has 0 aliphatic rings. The molecule has 0 unspecified atom stereocenters. The van der Waals surface area contributed by atoms with Crippen LogP contribution in [0.2, 0.25) is 0 Å². The Bertz CT molecular complexity index is 592. The summed E-state index contributed by atoms with van der Waals surface area (Å²) in [4.78, 5) is 15.9. The Balaban J connectivity index is 1.95. The number of hydrogen-bond donors (Lipinski definition) is 1. The van der Waals surface area contributed by atoms with Crippen LogP contribution in [0, 0.1) is 12.7 Å². The number of ether oxygens (including phenoxy) is 1. The minimum Gasteiger partial charge on any atom is -0.462 e. The molecule has 104 valence electrons. The minimum atomic E-state index is -0.591. The molecule has 1 heterocycles. The highest BCUT2D eigenvalue weighted by molar-refractivity contribution is 5.90. The Morgan fingerprint density at radius 3 is 2.85 bits per heavy atom. The zero-order chi connectivity index (χ0) is 14.5. The predicted octanol–water partition coefficient (Wildman–Crippen LogP) is 2.51. The van der Waals surface area contributed by atoms with E-state index in [9.17, 15) is 9.18 Å². The van der Waals surface area contributed by atoms with Gasteiger partial charge in [0.1, 0.15) is 5.82 Å². The molecule has 0 radical (unpaired) electrons. The van der Waals surface area contributed by atoms with Gasteiger partial charge in [0, 0.05) is 29.6 Å². The quantitative estimate of drug-likeness (QED) is 0.687. The van der Waals surface area contributed by atoms with Crippen molar-refractivity contribution >= 4 is 11.7 Å². The fraction of sp³-hybridized carbons (Fsp3) is 0.200. The number of hydrogen-bond acceptors (Lipinski definition) is 4. The van der Waals surface area contributed by atoms with Crippen molar-refractivity contribution in [1.82, 2.24) is 4.98 Å². The van der Waals surface area contributed by atoms with Crippen LogP contribution in [0.25, 0.3) is 0 Å². The highest BCUT2D eigenvalue weighted by Crippen LogP contribution is 2.18. The molecule has 0 aliphatic carbocycles. The molecule has 0 spiro atoms. The summed E-state index contributed by atoms with van der Waals surface area (Å²) in [7, 11) is 0. The Morgan fingerprint density at radius 1 is 1.40 bits per heavy atom. The van der Waals surface area contributed by atoms with Crippen LogP contribution in [-0.2, 0) is 11.2 Å². The van der Waals surface area contributed by atoms with Gasteiger partial charge in [0.15, 0.2) is 0 Å². The fourth-order valence-electron chi connectivity index (χ4n) is 1.70. The van der Waals surface area contributed by atoms with E-state index >= 15 is 0 Å². The number of anilines is 1. The van der Waals surface area contributed by atoms with E-state index in [0.29, 0.717) is 12.0 Å². The van der Waals surface area contributed by atoms with Gasteiger partial charge in [0.2, 0.25) is 0 Å². The summed E-state index contributed by atoms with van der Waals surface area (Å²) >= 11 is 0. The summed E-state index contributed by atoms with van der Waals surface area (Å²) in [6, 6.07) is 8.07. The Hall–Kier alpha value is -2.43. The first kappa shape index (κ1) is 14.0. The monoisotopic (exact) mass is 274 g/mol. The number of benzene rings is 1. The number of rotatable bonds is 4. The number of nitrogens with two attached hydrogens (primary N) is 1. The van der Waals surface area contributed by atoms with E-state index in [2.05, 4.69) is 4.98 Å². The highest BCUT2D eigenvalue weighted by atomic mass is 19.1. The van der Waals surface area contributed by atoms with Gasteiger partial charge in [-0.3, -0.25) is 4.98 Å².